The first-order valence-corrected chi connectivity index (χ1v) is 22.3. The van der Waals surface area contributed by atoms with Gasteiger partial charge in [-0.2, -0.15) is 11.8 Å². The Balaban J connectivity index is 3.19. The monoisotopic (exact) mass is 936 g/mol. The number of thioether (sulfide) groups is 1. The minimum absolute atomic E-state index is 0.0282. The first-order valence-electron chi connectivity index (χ1n) is 20.9. The Bertz CT molecular complexity index is 1840. The second kappa shape index (κ2) is 29.2. The first kappa shape index (κ1) is 56.7. The summed E-state index contributed by atoms with van der Waals surface area (Å²) >= 11 is 1.30. The summed E-state index contributed by atoms with van der Waals surface area (Å²) in [6, 6.07) is -1.07. The fourth-order valence-corrected chi connectivity index (χ4v) is 6.27. The van der Waals surface area contributed by atoms with E-state index in [1.54, 1.807) is 57.4 Å². The number of carboxylic acid groups (broad SMARTS) is 2. The predicted octanol–water partition coefficient (Wildman–Crippen LogP) is -3.00. The van der Waals surface area contributed by atoms with E-state index in [-0.39, 0.29) is 31.6 Å². The maximum absolute atomic E-state index is 13.8. The van der Waals surface area contributed by atoms with E-state index in [9.17, 15) is 63.0 Å². The first-order chi connectivity index (χ1) is 30.5. The molecule has 0 heterocycles. The molecule has 0 bridgehead atoms. The van der Waals surface area contributed by atoms with Crippen LogP contribution in [0.4, 0.5) is 0 Å². The summed E-state index contributed by atoms with van der Waals surface area (Å²) in [5, 5.41) is 38.1. The van der Waals surface area contributed by atoms with Crippen molar-refractivity contribution < 1.29 is 63.0 Å². The Morgan fingerprint density at radius 3 is 1.71 bits per heavy atom. The number of aliphatic carboxylic acids is 2. The molecule has 1 aromatic rings. The number of amides is 9. The molecule has 65 heavy (non-hydrogen) atoms. The van der Waals surface area contributed by atoms with Crippen LogP contribution >= 0.6 is 11.8 Å². The van der Waals surface area contributed by atoms with Crippen LogP contribution in [0.2, 0.25) is 0 Å². The normalized spacial score (nSPS) is 14.6. The Morgan fingerprint density at radius 2 is 1.17 bits per heavy atom. The number of primary amides is 1. The van der Waals surface area contributed by atoms with Gasteiger partial charge in [-0.1, -0.05) is 64.4 Å². The molecule has 0 spiro atoms. The molecule has 0 radical (unpaired) electrons. The maximum Gasteiger partial charge on any atom is 0.326 e. The van der Waals surface area contributed by atoms with E-state index in [1.807, 2.05) is 6.92 Å². The molecule has 362 valence electrons. The zero-order valence-electron chi connectivity index (χ0n) is 37.4. The lowest BCUT2D eigenvalue weighted by Crippen LogP contribution is -2.59. The van der Waals surface area contributed by atoms with Gasteiger partial charge >= 0.3 is 11.9 Å². The van der Waals surface area contributed by atoms with E-state index >= 15 is 0 Å². The van der Waals surface area contributed by atoms with Crippen molar-refractivity contribution in [2.75, 3.05) is 25.1 Å². The molecule has 0 saturated heterocycles. The molecule has 0 aliphatic heterocycles. The zero-order valence-corrected chi connectivity index (χ0v) is 38.2. The van der Waals surface area contributed by atoms with Gasteiger partial charge in [-0.15, -0.1) is 0 Å². The number of carbonyl (C=O) groups is 11. The number of hydrogen-bond acceptors (Lipinski definition) is 13. The van der Waals surface area contributed by atoms with Crippen molar-refractivity contribution in [1.29, 1.82) is 0 Å². The van der Waals surface area contributed by atoms with Crippen molar-refractivity contribution in [1.82, 2.24) is 42.5 Å². The third-order valence-corrected chi connectivity index (χ3v) is 10.6. The summed E-state index contributed by atoms with van der Waals surface area (Å²) in [4.78, 5) is 140. The lowest BCUT2D eigenvalue weighted by Gasteiger charge is -2.26. The van der Waals surface area contributed by atoms with Gasteiger partial charge < -0.3 is 64.2 Å². The Labute approximate surface area is 381 Å². The SMILES string of the molecule is CC[C@H](C)[C@H](N)C(=O)NCC(=O)N[C@@H](CCC(N)=O)C(=O)N[C@@H](C)C(=O)N[C@@H](CC(=O)O)C(=O)N[C@@H](CCSC)C(=O)N[C@@H](Cc1ccccc1)C(=O)NCC(=O)N[C@H](C(=O)O)C(C)C. The van der Waals surface area contributed by atoms with Crippen LogP contribution in [0.3, 0.4) is 0 Å². The van der Waals surface area contributed by atoms with E-state index in [0.717, 1.165) is 0 Å². The van der Waals surface area contributed by atoms with E-state index in [2.05, 4.69) is 42.5 Å². The molecular weight excluding hydrogens is 873 g/mol. The van der Waals surface area contributed by atoms with Crippen molar-refractivity contribution in [2.24, 2.45) is 23.3 Å². The van der Waals surface area contributed by atoms with Gasteiger partial charge in [0, 0.05) is 12.8 Å². The molecular formula is C41H64N10O13S. The lowest BCUT2D eigenvalue weighted by atomic mass is 9.99. The van der Waals surface area contributed by atoms with Gasteiger partial charge in [0.2, 0.25) is 53.2 Å². The molecule has 0 aromatic heterocycles. The minimum Gasteiger partial charge on any atom is -0.481 e. The van der Waals surface area contributed by atoms with Crippen molar-refractivity contribution >= 4 is 76.9 Å². The lowest BCUT2D eigenvalue weighted by molar-refractivity contribution is -0.143. The topological polar surface area (TPSA) is 377 Å². The van der Waals surface area contributed by atoms with Crippen LogP contribution in [0, 0.1) is 11.8 Å². The van der Waals surface area contributed by atoms with Gasteiger partial charge in [0.25, 0.3) is 0 Å². The molecule has 1 aromatic carbocycles. The number of benzene rings is 1. The van der Waals surface area contributed by atoms with Crippen molar-refractivity contribution in [3.63, 3.8) is 0 Å². The predicted molar refractivity (Wildman–Crippen MR) is 237 cm³/mol. The van der Waals surface area contributed by atoms with Crippen LogP contribution in [-0.2, 0) is 59.2 Å². The number of hydrogen-bond donors (Lipinski definition) is 12. The van der Waals surface area contributed by atoms with E-state index in [4.69, 9.17) is 11.5 Å². The zero-order chi connectivity index (χ0) is 49.4. The highest BCUT2D eigenvalue weighted by atomic mass is 32.2. The van der Waals surface area contributed by atoms with Crippen LogP contribution in [0.1, 0.15) is 72.3 Å². The number of carbonyl (C=O) groups excluding carboxylic acids is 9. The molecule has 1 rings (SSSR count). The molecule has 0 aliphatic carbocycles. The second-order valence-electron chi connectivity index (χ2n) is 15.6. The molecule has 24 heteroatoms. The third kappa shape index (κ3) is 21.8. The highest BCUT2D eigenvalue weighted by Gasteiger charge is 2.33. The molecule has 14 N–H and O–H groups in total. The smallest absolute Gasteiger partial charge is 0.326 e. The van der Waals surface area contributed by atoms with Gasteiger partial charge in [0.15, 0.2) is 0 Å². The summed E-state index contributed by atoms with van der Waals surface area (Å²) in [5.41, 5.74) is 11.7. The molecule has 0 saturated carbocycles. The molecule has 0 unspecified atom stereocenters. The summed E-state index contributed by atoms with van der Waals surface area (Å²) in [6.45, 7) is 6.75. The standard InChI is InChI=1S/C41H64N10O13S/c1-7-22(4)33(43)40(62)45-19-30(53)47-25(13-14-29(42)52)37(59)46-23(5)35(57)49-28(18-32(55)56)39(61)48-26(15-16-65-6)38(60)50-27(17-24-11-9-8-10-12-24)36(58)44-20-31(54)51-34(21(2)3)41(63)64/h8-12,21-23,25-28,33-34H,7,13-20,43H2,1-6H3,(H2,42,52)(H,44,58)(H,45,62)(H,46,59)(H,47,53)(H,48,61)(H,49,57)(H,50,60)(H,51,54)(H,55,56)(H,63,64)/t22-,23-,25-,26-,27-,28-,33-,34-/m0/s1. The highest BCUT2D eigenvalue weighted by Crippen LogP contribution is 2.09. The number of rotatable bonds is 30. The number of nitrogens with one attached hydrogen (secondary N) is 8. The van der Waals surface area contributed by atoms with Gasteiger partial charge in [0.1, 0.15) is 36.3 Å². The van der Waals surface area contributed by atoms with Crippen molar-refractivity contribution in [3.05, 3.63) is 35.9 Å². The van der Waals surface area contributed by atoms with Crippen LogP contribution < -0.4 is 54.0 Å². The summed E-state index contributed by atoms with van der Waals surface area (Å²) in [6.07, 6.45) is 0.571. The third-order valence-electron chi connectivity index (χ3n) is 9.91. The second-order valence-corrected chi connectivity index (χ2v) is 16.6. The van der Waals surface area contributed by atoms with Gasteiger partial charge in [-0.05, 0) is 49.2 Å². The van der Waals surface area contributed by atoms with Crippen LogP contribution in [0.25, 0.3) is 0 Å². The van der Waals surface area contributed by atoms with E-state index < -0.39 is 133 Å². The average molecular weight is 937 g/mol. The maximum atomic E-state index is 13.8. The summed E-state index contributed by atoms with van der Waals surface area (Å²) in [5.74, 6) is -11.0. The van der Waals surface area contributed by atoms with E-state index in [0.29, 0.717) is 17.7 Å². The van der Waals surface area contributed by atoms with Gasteiger partial charge in [-0.3, -0.25) is 47.9 Å². The Hall–Kier alpha value is -6.30. The average Bonchev–Trinajstić information content (AvgIpc) is 3.25. The van der Waals surface area contributed by atoms with Crippen LogP contribution in [0.15, 0.2) is 30.3 Å². The van der Waals surface area contributed by atoms with Crippen molar-refractivity contribution in [2.45, 2.75) is 115 Å². The molecule has 0 fully saturated rings. The van der Waals surface area contributed by atoms with Crippen LogP contribution in [-0.4, -0.2) is 143 Å². The minimum atomic E-state index is -1.80. The Morgan fingerprint density at radius 1 is 0.646 bits per heavy atom. The largest absolute Gasteiger partial charge is 0.481 e. The molecule has 9 amide bonds. The van der Waals surface area contributed by atoms with E-state index in [1.165, 1.54) is 18.7 Å². The van der Waals surface area contributed by atoms with Gasteiger partial charge in [0.05, 0.1) is 25.6 Å². The number of carboxylic acids is 2. The van der Waals surface area contributed by atoms with Crippen molar-refractivity contribution in [3.8, 4) is 0 Å². The molecule has 0 aliphatic rings. The molecule has 23 nitrogen and oxygen atoms in total. The molecule has 8 atom stereocenters. The summed E-state index contributed by atoms with van der Waals surface area (Å²) in [7, 11) is 0. The quantitative estimate of drug-likeness (QED) is 0.0366. The van der Waals surface area contributed by atoms with Gasteiger partial charge in [-0.25, -0.2) is 4.79 Å². The highest BCUT2D eigenvalue weighted by molar-refractivity contribution is 7.98. The fourth-order valence-electron chi connectivity index (χ4n) is 5.80. The Kier molecular flexibility index (Phi) is 25.5. The fraction of sp³-hybridized carbons (Fsp3) is 0.585. The van der Waals surface area contributed by atoms with Crippen LogP contribution in [0.5, 0.6) is 0 Å². The summed E-state index contributed by atoms with van der Waals surface area (Å²) < 4.78 is 0. The number of nitrogens with two attached hydrogens (primary N) is 2.